The normalized spacial score (nSPS) is 27.3. The molecule has 8 heteroatoms. The van der Waals surface area contributed by atoms with E-state index in [1.807, 2.05) is 13.0 Å². The van der Waals surface area contributed by atoms with Gasteiger partial charge in [0.25, 0.3) is 5.91 Å². The molecule has 1 fully saturated rings. The van der Waals surface area contributed by atoms with E-state index in [1.54, 1.807) is 12.3 Å². The minimum atomic E-state index is -0.342. The van der Waals surface area contributed by atoms with Gasteiger partial charge < -0.3 is 20.9 Å². The van der Waals surface area contributed by atoms with Gasteiger partial charge in [0.1, 0.15) is 17.5 Å². The van der Waals surface area contributed by atoms with Crippen LogP contribution < -0.4 is 10.6 Å². The molecule has 0 spiro atoms. The Morgan fingerprint density at radius 1 is 1.39 bits per heavy atom. The van der Waals surface area contributed by atoms with Crippen molar-refractivity contribution in [3.05, 3.63) is 53.0 Å². The van der Waals surface area contributed by atoms with E-state index < -0.39 is 0 Å². The summed E-state index contributed by atoms with van der Waals surface area (Å²) < 4.78 is 14.0. The molecule has 4 rings (SSSR count). The van der Waals surface area contributed by atoms with E-state index in [-0.39, 0.29) is 29.4 Å². The molecule has 146 valence electrons. The third-order valence-electron chi connectivity index (χ3n) is 5.39. The number of hydrogen-bond donors (Lipinski definition) is 3. The molecule has 1 saturated heterocycles. The van der Waals surface area contributed by atoms with Crippen molar-refractivity contribution < 1.29 is 9.18 Å². The number of halogens is 1. The van der Waals surface area contributed by atoms with E-state index in [0.29, 0.717) is 24.5 Å². The van der Waals surface area contributed by atoms with Crippen LogP contribution in [0.25, 0.3) is 0 Å². The molecule has 3 aliphatic rings. The third-order valence-corrected chi connectivity index (χ3v) is 5.39. The van der Waals surface area contributed by atoms with E-state index in [0.717, 1.165) is 36.9 Å². The molecule has 1 aromatic rings. The second-order valence-electron chi connectivity index (χ2n) is 7.31. The van der Waals surface area contributed by atoms with Crippen LogP contribution in [0.5, 0.6) is 0 Å². The van der Waals surface area contributed by atoms with E-state index in [4.69, 9.17) is 5.41 Å². The summed E-state index contributed by atoms with van der Waals surface area (Å²) in [6.07, 6.45) is 9.01. The lowest BCUT2D eigenvalue weighted by Crippen LogP contribution is -2.36. The largest absolute Gasteiger partial charge is 0.349 e. The fourth-order valence-corrected chi connectivity index (χ4v) is 3.99. The van der Waals surface area contributed by atoms with Gasteiger partial charge in [-0.25, -0.2) is 9.38 Å². The minimum absolute atomic E-state index is 0.0101. The zero-order valence-electron chi connectivity index (χ0n) is 15.7. The van der Waals surface area contributed by atoms with Gasteiger partial charge in [0.05, 0.1) is 17.8 Å². The molecule has 1 amide bonds. The molecular formula is C20H23FN6O. The van der Waals surface area contributed by atoms with E-state index >= 15 is 0 Å². The lowest BCUT2D eigenvalue weighted by atomic mass is 9.98. The second kappa shape index (κ2) is 7.53. The maximum atomic E-state index is 14.0. The van der Waals surface area contributed by atoms with Crippen LogP contribution in [-0.4, -0.2) is 40.4 Å². The first kappa shape index (κ1) is 18.3. The van der Waals surface area contributed by atoms with Crippen LogP contribution in [0, 0.1) is 11.2 Å². The summed E-state index contributed by atoms with van der Waals surface area (Å²) in [6.45, 7) is 2.71. The third kappa shape index (κ3) is 3.42. The Morgan fingerprint density at radius 2 is 2.25 bits per heavy atom. The lowest BCUT2D eigenvalue weighted by Gasteiger charge is -2.29. The zero-order chi connectivity index (χ0) is 19.7. The smallest absolute Gasteiger partial charge is 0.256 e. The van der Waals surface area contributed by atoms with Crippen molar-refractivity contribution in [3.63, 3.8) is 0 Å². The molecule has 4 heterocycles. The Balaban J connectivity index is 1.84. The minimum Gasteiger partial charge on any atom is -0.349 e. The molecule has 28 heavy (non-hydrogen) atoms. The Labute approximate surface area is 162 Å². The lowest BCUT2D eigenvalue weighted by molar-refractivity contribution is -0.117. The first-order valence-corrected chi connectivity index (χ1v) is 9.55. The Bertz CT molecular complexity index is 906. The Hall–Kier alpha value is -3.03. The van der Waals surface area contributed by atoms with Gasteiger partial charge in [-0.1, -0.05) is 0 Å². The summed E-state index contributed by atoms with van der Waals surface area (Å²) in [5, 5.41) is 13.6. The number of carbonyl (C=O) groups excluding carboxylic acids is 1. The predicted octanol–water partition coefficient (Wildman–Crippen LogP) is 2.19. The maximum absolute atomic E-state index is 14.0. The van der Waals surface area contributed by atoms with Crippen LogP contribution >= 0.6 is 0 Å². The fraction of sp³-hybridized carbons (Fsp3) is 0.400. The van der Waals surface area contributed by atoms with Gasteiger partial charge in [0, 0.05) is 30.7 Å². The average Bonchev–Trinajstić information content (AvgIpc) is 3.17. The van der Waals surface area contributed by atoms with Crippen LogP contribution in [0.15, 0.2) is 40.9 Å². The van der Waals surface area contributed by atoms with Gasteiger partial charge in [0.15, 0.2) is 0 Å². The summed E-state index contributed by atoms with van der Waals surface area (Å²) in [4.78, 5) is 23.8. The first-order valence-electron chi connectivity index (χ1n) is 9.55. The first-order chi connectivity index (χ1) is 13.6. The van der Waals surface area contributed by atoms with Gasteiger partial charge >= 0.3 is 0 Å². The van der Waals surface area contributed by atoms with E-state index in [9.17, 15) is 9.18 Å². The van der Waals surface area contributed by atoms with Crippen LogP contribution in [0.3, 0.4) is 0 Å². The van der Waals surface area contributed by atoms with Gasteiger partial charge in [-0.05, 0) is 50.3 Å². The van der Waals surface area contributed by atoms with Crippen LogP contribution in [0.2, 0.25) is 0 Å². The molecule has 3 aliphatic heterocycles. The van der Waals surface area contributed by atoms with Crippen LogP contribution in [0.4, 0.5) is 4.39 Å². The monoisotopic (exact) mass is 382 g/mol. The highest BCUT2D eigenvalue weighted by molar-refractivity contribution is 6.12. The van der Waals surface area contributed by atoms with Crippen molar-refractivity contribution in [2.45, 2.75) is 44.7 Å². The van der Waals surface area contributed by atoms with Crippen molar-refractivity contribution >= 4 is 18.0 Å². The number of hydrogen-bond acceptors (Lipinski definition) is 6. The topological polar surface area (TPSA) is 93.5 Å². The average molecular weight is 382 g/mol. The number of pyridine rings is 1. The van der Waals surface area contributed by atoms with Crippen LogP contribution in [0.1, 0.15) is 43.5 Å². The molecule has 2 bridgehead atoms. The van der Waals surface area contributed by atoms with Gasteiger partial charge in [-0.15, -0.1) is 0 Å². The number of aryl methyl sites for hydroxylation is 1. The maximum Gasteiger partial charge on any atom is 0.256 e. The molecule has 3 N–H and O–H groups in total. The van der Waals surface area contributed by atoms with Gasteiger partial charge in [-0.3, -0.25) is 9.78 Å². The molecule has 7 nitrogen and oxygen atoms in total. The highest BCUT2D eigenvalue weighted by Gasteiger charge is 2.32. The molecule has 0 radical (unpaired) electrons. The summed E-state index contributed by atoms with van der Waals surface area (Å²) in [5.41, 5.74) is 1.94. The standard InChI is InChI=1S/C20H23FN6O/c1-12-4-5-16-14(9-13(21)11-24-16)17-3-2-8-27(17)18-6-7-23-19(26-18)15(10-22)20(28)25-12/h6-7,9-12,17,22-23H,2-5,8H2,1H3,(H,25,28)/b19-15-,22-10?/t12-,17-/m1/s1. The summed E-state index contributed by atoms with van der Waals surface area (Å²) in [5.74, 6) is 0.365. The van der Waals surface area contributed by atoms with Gasteiger partial charge in [0.2, 0.25) is 0 Å². The van der Waals surface area contributed by atoms with Gasteiger partial charge in [-0.2, -0.15) is 0 Å². The second-order valence-corrected chi connectivity index (χ2v) is 7.31. The number of aliphatic imine (C=N–C) groups is 1. The molecular weight excluding hydrogens is 359 g/mol. The molecule has 0 unspecified atom stereocenters. The molecule has 2 atom stereocenters. The van der Waals surface area contributed by atoms with E-state index in [2.05, 4.69) is 25.5 Å². The predicted molar refractivity (Wildman–Crippen MR) is 104 cm³/mol. The number of fused-ring (bicyclic) bond motifs is 5. The zero-order valence-corrected chi connectivity index (χ0v) is 15.7. The quantitative estimate of drug-likeness (QED) is 0.649. The summed E-state index contributed by atoms with van der Waals surface area (Å²) in [6, 6.07) is 1.45. The number of nitrogens with one attached hydrogen (secondary N) is 3. The number of rotatable bonds is 1. The summed E-state index contributed by atoms with van der Waals surface area (Å²) in [7, 11) is 0. The van der Waals surface area contributed by atoms with Crippen molar-refractivity contribution in [1.82, 2.24) is 20.5 Å². The molecule has 0 saturated carbocycles. The van der Waals surface area contributed by atoms with Crippen molar-refractivity contribution in [1.29, 1.82) is 5.41 Å². The molecule has 0 aliphatic carbocycles. The highest BCUT2D eigenvalue weighted by Crippen LogP contribution is 2.35. The fourth-order valence-electron chi connectivity index (χ4n) is 3.99. The van der Waals surface area contributed by atoms with Crippen molar-refractivity contribution in [2.24, 2.45) is 4.99 Å². The number of aromatic nitrogens is 1. The van der Waals surface area contributed by atoms with Crippen molar-refractivity contribution in [2.75, 3.05) is 6.54 Å². The number of nitrogens with zero attached hydrogens (tertiary/aromatic N) is 3. The number of amidine groups is 1. The molecule has 0 aromatic carbocycles. The molecule has 1 aromatic heterocycles. The number of amides is 1. The van der Waals surface area contributed by atoms with E-state index in [1.165, 1.54) is 6.20 Å². The Morgan fingerprint density at radius 3 is 3.07 bits per heavy atom. The highest BCUT2D eigenvalue weighted by atomic mass is 19.1. The summed E-state index contributed by atoms with van der Waals surface area (Å²) >= 11 is 0. The van der Waals surface area contributed by atoms with Crippen LogP contribution in [-0.2, 0) is 11.2 Å². The Kier molecular flexibility index (Phi) is 4.93. The SMILES string of the molecule is C[C@@H]1CCc2ncc(F)cc2[C@H]2CCCN2C2=N/C(=C(/C=N)C(=O)N1)NC=C2. The number of carbonyl (C=O) groups is 1. The van der Waals surface area contributed by atoms with Crippen molar-refractivity contribution in [3.8, 4) is 0 Å².